The number of nitrogens with two attached hydrogens (primary N) is 1. The molecule has 0 unspecified atom stereocenters. The fourth-order valence-electron chi connectivity index (χ4n) is 3.21. The van der Waals surface area contributed by atoms with Gasteiger partial charge in [-0.2, -0.15) is 0 Å². The van der Waals surface area contributed by atoms with E-state index < -0.39 is 0 Å². The molecule has 1 aliphatic rings. The molecule has 2 aromatic rings. The van der Waals surface area contributed by atoms with E-state index in [4.69, 9.17) is 10.5 Å². The summed E-state index contributed by atoms with van der Waals surface area (Å²) in [5.74, 6) is 1.78. The van der Waals surface area contributed by atoms with E-state index in [0.29, 0.717) is 5.13 Å². The van der Waals surface area contributed by atoms with Crippen molar-refractivity contribution in [3.63, 3.8) is 0 Å². The predicted octanol–water partition coefficient (Wildman–Crippen LogP) is 3.58. The standard InChI is InChI=1S/C18H25N3OS/c1-22-16-6-4-14(5-7-16)2-3-15-8-10-21(11-9-15)13-17-12-20-18(19)23-17/h4-7,12,15H,2-3,8-11,13H2,1H3,(H2,19,20). The molecule has 2 N–H and O–H groups in total. The van der Waals surface area contributed by atoms with Crippen molar-refractivity contribution in [1.82, 2.24) is 9.88 Å². The molecule has 0 atom stereocenters. The van der Waals surface area contributed by atoms with Crippen LogP contribution in [-0.2, 0) is 13.0 Å². The fourth-order valence-corrected chi connectivity index (χ4v) is 3.94. The van der Waals surface area contributed by atoms with E-state index in [1.807, 2.05) is 6.20 Å². The van der Waals surface area contributed by atoms with Crippen LogP contribution < -0.4 is 10.5 Å². The van der Waals surface area contributed by atoms with Gasteiger partial charge < -0.3 is 10.5 Å². The molecule has 2 heterocycles. The zero-order valence-electron chi connectivity index (χ0n) is 13.7. The SMILES string of the molecule is COc1ccc(CCC2CCN(Cc3cnc(N)s3)CC2)cc1. The Labute approximate surface area is 142 Å². The van der Waals surface area contributed by atoms with Crippen molar-refractivity contribution in [2.45, 2.75) is 32.2 Å². The number of aryl methyl sites for hydroxylation is 1. The molecule has 1 saturated heterocycles. The number of nitrogens with zero attached hydrogens (tertiary/aromatic N) is 2. The molecule has 1 aliphatic heterocycles. The summed E-state index contributed by atoms with van der Waals surface area (Å²) in [7, 11) is 1.71. The molecular formula is C18H25N3OS. The monoisotopic (exact) mass is 331 g/mol. The summed E-state index contributed by atoms with van der Waals surface area (Å²) in [5, 5.41) is 0.675. The average Bonchev–Trinajstić information content (AvgIpc) is 2.99. The van der Waals surface area contributed by atoms with Crippen LogP contribution in [0.2, 0.25) is 0 Å². The molecule has 0 aliphatic carbocycles. The molecule has 1 aromatic heterocycles. The predicted molar refractivity (Wildman–Crippen MR) is 95.8 cm³/mol. The maximum atomic E-state index is 5.70. The van der Waals surface area contributed by atoms with Gasteiger partial charge in [-0.15, -0.1) is 11.3 Å². The number of ether oxygens (including phenoxy) is 1. The Morgan fingerprint density at radius 2 is 2.00 bits per heavy atom. The third kappa shape index (κ3) is 4.69. The Morgan fingerprint density at radius 3 is 2.61 bits per heavy atom. The zero-order chi connectivity index (χ0) is 16.1. The van der Waals surface area contributed by atoms with E-state index in [-0.39, 0.29) is 0 Å². The van der Waals surface area contributed by atoms with Gasteiger partial charge in [0.25, 0.3) is 0 Å². The molecule has 5 heteroatoms. The molecule has 1 aromatic carbocycles. The zero-order valence-corrected chi connectivity index (χ0v) is 14.5. The molecule has 0 spiro atoms. The van der Waals surface area contributed by atoms with Gasteiger partial charge in [0.15, 0.2) is 5.13 Å². The summed E-state index contributed by atoms with van der Waals surface area (Å²) in [5.41, 5.74) is 7.11. The number of rotatable bonds is 6. The second kappa shape index (κ2) is 7.79. The van der Waals surface area contributed by atoms with E-state index in [9.17, 15) is 0 Å². The van der Waals surface area contributed by atoms with Gasteiger partial charge in [0, 0.05) is 17.6 Å². The molecule has 0 saturated carbocycles. The first-order valence-corrected chi connectivity index (χ1v) is 9.10. The number of benzene rings is 1. The number of hydrogen-bond donors (Lipinski definition) is 1. The van der Waals surface area contributed by atoms with Gasteiger partial charge in [0.1, 0.15) is 5.75 Å². The summed E-state index contributed by atoms with van der Waals surface area (Å²) < 4.78 is 5.21. The molecule has 0 radical (unpaired) electrons. The Kier molecular flexibility index (Phi) is 5.51. The maximum absolute atomic E-state index is 5.70. The third-order valence-electron chi connectivity index (χ3n) is 4.66. The van der Waals surface area contributed by atoms with Crippen molar-refractivity contribution in [3.05, 3.63) is 40.9 Å². The fraction of sp³-hybridized carbons (Fsp3) is 0.500. The summed E-state index contributed by atoms with van der Waals surface area (Å²) in [6.45, 7) is 3.37. The van der Waals surface area contributed by atoms with Crippen LogP contribution in [0.3, 0.4) is 0 Å². The van der Waals surface area contributed by atoms with E-state index in [1.165, 1.54) is 49.2 Å². The second-order valence-corrected chi connectivity index (χ2v) is 7.42. The molecule has 3 rings (SSSR count). The van der Waals surface area contributed by atoms with E-state index >= 15 is 0 Å². The molecule has 0 amide bonds. The largest absolute Gasteiger partial charge is 0.497 e. The lowest BCUT2D eigenvalue weighted by molar-refractivity contribution is 0.173. The van der Waals surface area contributed by atoms with Crippen molar-refractivity contribution in [3.8, 4) is 5.75 Å². The van der Waals surface area contributed by atoms with E-state index in [0.717, 1.165) is 18.2 Å². The first-order valence-electron chi connectivity index (χ1n) is 8.28. The molecular weight excluding hydrogens is 306 g/mol. The van der Waals surface area contributed by atoms with Crippen molar-refractivity contribution < 1.29 is 4.74 Å². The van der Waals surface area contributed by atoms with Crippen molar-refractivity contribution in [2.75, 3.05) is 25.9 Å². The van der Waals surface area contributed by atoms with Crippen LogP contribution in [0.5, 0.6) is 5.75 Å². The highest BCUT2D eigenvalue weighted by Crippen LogP contribution is 2.25. The maximum Gasteiger partial charge on any atom is 0.180 e. The number of nitrogen functional groups attached to an aromatic ring is 1. The molecule has 124 valence electrons. The highest BCUT2D eigenvalue weighted by molar-refractivity contribution is 7.15. The number of aromatic nitrogens is 1. The van der Waals surface area contributed by atoms with Crippen LogP contribution in [0.25, 0.3) is 0 Å². The van der Waals surface area contributed by atoms with Crippen molar-refractivity contribution >= 4 is 16.5 Å². The topological polar surface area (TPSA) is 51.4 Å². The molecule has 1 fully saturated rings. The van der Waals surface area contributed by atoms with E-state index in [1.54, 1.807) is 18.4 Å². The second-order valence-electron chi connectivity index (χ2n) is 6.27. The first kappa shape index (κ1) is 16.3. The molecule has 0 bridgehead atoms. The lowest BCUT2D eigenvalue weighted by Crippen LogP contribution is -2.33. The van der Waals surface area contributed by atoms with E-state index in [2.05, 4.69) is 34.1 Å². The minimum Gasteiger partial charge on any atom is -0.497 e. The van der Waals surface area contributed by atoms with Gasteiger partial charge in [-0.1, -0.05) is 12.1 Å². The highest BCUT2D eigenvalue weighted by Gasteiger charge is 2.19. The van der Waals surface area contributed by atoms with Gasteiger partial charge in [0.2, 0.25) is 0 Å². The van der Waals surface area contributed by atoms with Crippen LogP contribution >= 0.6 is 11.3 Å². The summed E-state index contributed by atoms with van der Waals surface area (Å²) in [6.07, 6.45) is 6.96. The molecule has 23 heavy (non-hydrogen) atoms. The van der Waals surface area contributed by atoms with Crippen LogP contribution in [0.4, 0.5) is 5.13 Å². The number of piperidine rings is 1. The average molecular weight is 331 g/mol. The Bertz CT molecular complexity index is 603. The Balaban J connectivity index is 1.40. The molecule has 4 nitrogen and oxygen atoms in total. The Morgan fingerprint density at radius 1 is 1.26 bits per heavy atom. The first-order chi connectivity index (χ1) is 11.2. The van der Waals surface area contributed by atoms with Crippen LogP contribution in [0, 0.1) is 5.92 Å². The smallest absolute Gasteiger partial charge is 0.180 e. The van der Waals surface area contributed by atoms with Crippen molar-refractivity contribution in [2.24, 2.45) is 5.92 Å². The van der Waals surface area contributed by atoms with Gasteiger partial charge >= 0.3 is 0 Å². The quantitative estimate of drug-likeness (QED) is 0.879. The van der Waals surface area contributed by atoms with Crippen LogP contribution in [0.1, 0.15) is 29.7 Å². The minimum absolute atomic E-state index is 0.675. The number of hydrogen-bond acceptors (Lipinski definition) is 5. The van der Waals surface area contributed by atoms with Gasteiger partial charge in [-0.3, -0.25) is 4.90 Å². The lowest BCUT2D eigenvalue weighted by Gasteiger charge is -2.31. The van der Waals surface area contributed by atoms with Crippen molar-refractivity contribution in [1.29, 1.82) is 0 Å². The lowest BCUT2D eigenvalue weighted by atomic mass is 9.90. The summed E-state index contributed by atoms with van der Waals surface area (Å²) in [4.78, 5) is 7.93. The number of anilines is 1. The van der Waals surface area contributed by atoms with Crippen LogP contribution in [-0.4, -0.2) is 30.1 Å². The number of thiazole rings is 1. The Hall–Kier alpha value is -1.59. The normalized spacial score (nSPS) is 16.6. The highest BCUT2D eigenvalue weighted by atomic mass is 32.1. The van der Waals surface area contributed by atoms with Crippen LogP contribution in [0.15, 0.2) is 30.5 Å². The van der Waals surface area contributed by atoms with Gasteiger partial charge in [0.05, 0.1) is 7.11 Å². The minimum atomic E-state index is 0.675. The van der Waals surface area contributed by atoms with Gasteiger partial charge in [-0.25, -0.2) is 4.98 Å². The summed E-state index contributed by atoms with van der Waals surface area (Å²) >= 11 is 1.61. The third-order valence-corrected chi connectivity index (χ3v) is 5.47. The summed E-state index contributed by atoms with van der Waals surface area (Å²) in [6, 6.07) is 8.47. The number of likely N-dealkylation sites (tertiary alicyclic amines) is 1. The van der Waals surface area contributed by atoms with Gasteiger partial charge in [-0.05, 0) is 62.4 Å². The number of methoxy groups -OCH3 is 1.